The third-order valence-electron chi connectivity index (χ3n) is 6.59. The van der Waals surface area contributed by atoms with Gasteiger partial charge in [0.2, 0.25) is 0 Å². The second kappa shape index (κ2) is 13.3. The number of fused-ring (bicyclic) bond motifs is 1. The number of allylic oxidation sites excluding steroid dienone is 1. The molecule has 1 aromatic heterocycles. The molecular formula is C30H36ClNO3. The van der Waals surface area contributed by atoms with E-state index in [1.54, 1.807) is 0 Å². The lowest BCUT2D eigenvalue weighted by molar-refractivity contribution is -0.138. The maximum Gasteiger partial charge on any atom is 0.303 e. The highest BCUT2D eigenvalue weighted by molar-refractivity contribution is 6.31. The normalized spacial score (nSPS) is 12.4. The maximum atomic E-state index is 13.6. The lowest BCUT2D eigenvalue weighted by Crippen LogP contribution is -2.14. The number of benzene rings is 2. The number of unbranched alkanes of at least 4 members (excludes halogenated alkanes) is 3. The van der Waals surface area contributed by atoms with Crippen molar-refractivity contribution in [2.45, 2.75) is 64.7 Å². The number of rotatable bonds is 14. The van der Waals surface area contributed by atoms with Crippen molar-refractivity contribution in [3.8, 4) is 0 Å². The fourth-order valence-electron chi connectivity index (χ4n) is 4.74. The summed E-state index contributed by atoms with van der Waals surface area (Å²) in [5, 5.41) is 10.8. The smallest absolute Gasteiger partial charge is 0.303 e. The molecule has 0 radical (unpaired) electrons. The molecule has 0 aliphatic heterocycles. The zero-order chi connectivity index (χ0) is 25.2. The van der Waals surface area contributed by atoms with Crippen LogP contribution in [-0.2, 0) is 18.3 Å². The molecule has 0 amide bonds. The van der Waals surface area contributed by atoms with Crippen LogP contribution in [0.1, 0.15) is 79.9 Å². The van der Waals surface area contributed by atoms with Gasteiger partial charge in [0.15, 0.2) is 5.78 Å². The molecule has 3 rings (SSSR count). The number of hydrogen-bond acceptors (Lipinski definition) is 2. The summed E-state index contributed by atoms with van der Waals surface area (Å²) in [4.78, 5) is 25.0. The Morgan fingerprint density at radius 1 is 1.06 bits per heavy atom. The van der Waals surface area contributed by atoms with Gasteiger partial charge in [0.1, 0.15) is 0 Å². The second-order valence-electron chi connectivity index (χ2n) is 9.35. The standard InChI is InChI=1S/C30H36ClNO3/c1-3-4-12-23(20-29(34)35)19-28(33)30-25-21-24(31)17-18-26(25)32(2)27(30)16-11-6-5-8-13-22-14-9-7-10-15-22/h7,9-11,14-18,21,23H,3-6,8,12-13,19-20H2,1-2H3,(H,34,35)/b16-11+. The van der Waals surface area contributed by atoms with Gasteiger partial charge in [0.25, 0.3) is 0 Å². The molecule has 1 heterocycles. The highest BCUT2D eigenvalue weighted by Gasteiger charge is 2.24. The van der Waals surface area contributed by atoms with Crippen LogP contribution < -0.4 is 0 Å². The number of halogens is 1. The van der Waals surface area contributed by atoms with Crippen LogP contribution in [0.2, 0.25) is 5.02 Å². The minimum atomic E-state index is -0.851. The Morgan fingerprint density at radius 2 is 1.83 bits per heavy atom. The van der Waals surface area contributed by atoms with Crippen molar-refractivity contribution in [1.82, 2.24) is 4.57 Å². The Bertz CT molecular complexity index is 1160. The Hall–Kier alpha value is -2.85. The predicted octanol–water partition coefficient (Wildman–Crippen LogP) is 8.11. The number of aryl methyl sites for hydroxylation is 2. The molecule has 0 bridgehead atoms. The number of aliphatic carboxylic acids is 1. The van der Waals surface area contributed by atoms with Gasteiger partial charge in [-0.3, -0.25) is 9.59 Å². The molecule has 2 aromatic carbocycles. The van der Waals surface area contributed by atoms with Crippen LogP contribution in [0.4, 0.5) is 0 Å². The van der Waals surface area contributed by atoms with Crippen LogP contribution in [0, 0.1) is 5.92 Å². The first-order chi connectivity index (χ1) is 16.9. The van der Waals surface area contributed by atoms with E-state index in [9.17, 15) is 14.7 Å². The molecule has 0 aliphatic carbocycles. The van der Waals surface area contributed by atoms with Gasteiger partial charge < -0.3 is 9.67 Å². The minimum absolute atomic E-state index is 0.0102. The molecule has 0 saturated carbocycles. The Labute approximate surface area is 213 Å². The SMILES string of the molecule is CCCCC(CC(=O)O)CC(=O)c1c(/C=C/CCCCc2ccccc2)n(C)c2ccc(Cl)cc12. The van der Waals surface area contributed by atoms with Crippen molar-refractivity contribution in [2.24, 2.45) is 13.0 Å². The van der Waals surface area contributed by atoms with E-state index in [0.29, 0.717) is 10.6 Å². The topological polar surface area (TPSA) is 59.3 Å². The van der Waals surface area contributed by atoms with Crippen molar-refractivity contribution in [1.29, 1.82) is 0 Å². The zero-order valence-electron chi connectivity index (χ0n) is 20.8. The molecule has 1 unspecified atom stereocenters. The third kappa shape index (κ3) is 7.57. The summed E-state index contributed by atoms with van der Waals surface area (Å²) < 4.78 is 2.04. The van der Waals surface area contributed by atoms with Gasteiger partial charge in [0.05, 0.1) is 11.3 Å². The van der Waals surface area contributed by atoms with Gasteiger partial charge in [-0.15, -0.1) is 0 Å². The van der Waals surface area contributed by atoms with Gasteiger partial charge in [-0.1, -0.05) is 67.8 Å². The summed E-state index contributed by atoms with van der Waals surface area (Å²) in [6.45, 7) is 2.08. The second-order valence-corrected chi connectivity index (χ2v) is 9.78. The third-order valence-corrected chi connectivity index (χ3v) is 6.83. The van der Waals surface area contributed by atoms with E-state index in [4.69, 9.17) is 11.6 Å². The van der Waals surface area contributed by atoms with Crippen molar-refractivity contribution < 1.29 is 14.7 Å². The largest absolute Gasteiger partial charge is 0.481 e. The fraction of sp³-hybridized carbons (Fsp3) is 0.400. The van der Waals surface area contributed by atoms with Crippen molar-refractivity contribution in [2.75, 3.05) is 0 Å². The number of Topliss-reactive ketones (excluding diaryl/α,β-unsaturated/α-hetero) is 1. The highest BCUT2D eigenvalue weighted by Crippen LogP contribution is 2.32. The average Bonchev–Trinajstić information content (AvgIpc) is 3.10. The predicted molar refractivity (Wildman–Crippen MR) is 145 cm³/mol. The molecule has 1 N–H and O–H groups in total. The molecule has 186 valence electrons. The first-order valence-corrected chi connectivity index (χ1v) is 13.0. The minimum Gasteiger partial charge on any atom is -0.481 e. The van der Waals surface area contributed by atoms with Crippen LogP contribution in [0.5, 0.6) is 0 Å². The molecule has 0 spiro atoms. The van der Waals surface area contributed by atoms with Crippen molar-refractivity contribution >= 4 is 40.3 Å². The van der Waals surface area contributed by atoms with Gasteiger partial charge in [0, 0.05) is 35.8 Å². The summed E-state index contributed by atoms with van der Waals surface area (Å²) >= 11 is 6.30. The van der Waals surface area contributed by atoms with E-state index in [0.717, 1.165) is 61.5 Å². The van der Waals surface area contributed by atoms with E-state index < -0.39 is 5.97 Å². The van der Waals surface area contributed by atoms with E-state index in [1.807, 2.05) is 42.0 Å². The Morgan fingerprint density at radius 3 is 2.54 bits per heavy atom. The van der Waals surface area contributed by atoms with Crippen LogP contribution in [0.3, 0.4) is 0 Å². The van der Waals surface area contributed by atoms with E-state index in [-0.39, 0.29) is 24.5 Å². The van der Waals surface area contributed by atoms with Gasteiger partial charge in [-0.2, -0.15) is 0 Å². The average molecular weight is 494 g/mol. The zero-order valence-corrected chi connectivity index (χ0v) is 21.6. The van der Waals surface area contributed by atoms with Crippen LogP contribution in [-0.4, -0.2) is 21.4 Å². The summed E-state index contributed by atoms with van der Waals surface area (Å²) in [5.74, 6) is -1.02. The van der Waals surface area contributed by atoms with Gasteiger partial charge in [-0.05, 0) is 67.9 Å². The lowest BCUT2D eigenvalue weighted by atomic mass is 9.90. The number of aromatic nitrogens is 1. The first kappa shape index (κ1) is 26.7. The van der Waals surface area contributed by atoms with Crippen LogP contribution in [0.25, 0.3) is 17.0 Å². The highest BCUT2D eigenvalue weighted by atomic mass is 35.5. The summed E-state index contributed by atoms with van der Waals surface area (Å²) in [6.07, 6.45) is 11.3. The summed E-state index contributed by atoms with van der Waals surface area (Å²) in [6, 6.07) is 16.1. The van der Waals surface area contributed by atoms with Crippen molar-refractivity contribution in [3.05, 3.63) is 76.5 Å². The molecule has 1 atom stereocenters. The fourth-order valence-corrected chi connectivity index (χ4v) is 4.91. The maximum absolute atomic E-state index is 13.6. The number of carboxylic acid groups (broad SMARTS) is 1. The number of ketones is 1. The summed E-state index contributed by atoms with van der Waals surface area (Å²) in [7, 11) is 1.97. The van der Waals surface area contributed by atoms with Crippen LogP contribution >= 0.6 is 11.6 Å². The Balaban J connectivity index is 1.79. The number of carbonyl (C=O) groups is 2. The van der Waals surface area contributed by atoms with Gasteiger partial charge >= 0.3 is 5.97 Å². The Kier molecular flexibility index (Phi) is 10.2. The molecule has 4 nitrogen and oxygen atoms in total. The molecule has 0 aliphatic rings. The number of carboxylic acids is 1. The molecule has 35 heavy (non-hydrogen) atoms. The molecule has 3 aromatic rings. The quantitative estimate of drug-likeness (QED) is 0.182. The van der Waals surface area contributed by atoms with E-state index in [2.05, 4.69) is 37.3 Å². The van der Waals surface area contributed by atoms with Crippen LogP contribution in [0.15, 0.2) is 54.6 Å². The molecule has 5 heteroatoms. The van der Waals surface area contributed by atoms with Crippen molar-refractivity contribution in [3.63, 3.8) is 0 Å². The molecule has 0 fully saturated rings. The van der Waals surface area contributed by atoms with Gasteiger partial charge in [-0.25, -0.2) is 0 Å². The number of carbonyl (C=O) groups excluding carboxylic acids is 1. The first-order valence-electron chi connectivity index (χ1n) is 12.6. The summed E-state index contributed by atoms with van der Waals surface area (Å²) in [5.41, 5.74) is 3.82. The molecule has 0 saturated heterocycles. The van der Waals surface area contributed by atoms with E-state index in [1.165, 1.54) is 5.56 Å². The number of nitrogens with zero attached hydrogens (tertiary/aromatic N) is 1. The molecular weight excluding hydrogens is 458 g/mol. The number of hydrogen-bond donors (Lipinski definition) is 1. The lowest BCUT2D eigenvalue weighted by Gasteiger charge is -2.14. The monoisotopic (exact) mass is 493 g/mol. The van der Waals surface area contributed by atoms with E-state index >= 15 is 0 Å².